The third-order valence-electron chi connectivity index (χ3n) is 5.66. The van der Waals surface area contributed by atoms with Gasteiger partial charge in [-0.3, -0.25) is 10.1 Å². The van der Waals surface area contributed by atoms with E-state index in [4.69, 9.17) is 0 Å². The lowest BCUT2D eigenvalue weighted by Crippen LogP contribution is -2.47. The van der Waals surface area contributed by atoms with Gasteiger partial charge in [0.2, 0.25) is 5.91 Å². The standard InChI is InChI=1S/C23H27N3O3/c27-19-14-24-23(29)22(19)26-20(28)12-11-17-13-18(15-7-3-1-4-8-15)25-21(17)16-9-5-2-6-10-16/h1-10,18-19,22-25,27,29H,11-14H2,(H,26,28)/t18?,19-,22+,23?/m1/s1. The Morgan fingerprint density at radius 3 is 2.38 bits per heavy atom. The lowest BCUT2D eigenvalue weighted by molar-refractivity contribution is -0.123. The molecule has 0 aromatic heterocycles. The van der Waals surface area contributed by atoms with Gasteiger partial charge >= 0.3 is 0 Å². The predicted octanol–water partition coefficient (Wildman–Crippen LogP) is 1.68. The fraction of sp³-hybridized carbons (Fsp3) is 0.348. The van der Waals surface area contributed by atoms with Crippen molar-refractivity contribution >= 4 is 11.6 Å². The van der Waals surface area contributed by atoms with Gasteiger partial charge in [-0.05, 0) is 29.5 Å². The van der Waals surface area contributed by atoms with Crippen LogP contribution >= 0.6 is 0 Å². The minimum Gasteiger partial charge on any atom is -0.389 e. The zero-order chi connectivity index (χ0) is 20.2. The van der Waals surface area contributed by atoms with Gasteiger partial charge in [0.05, 0.1) is 18.2 Å². The first-order valence-electron chi connectivity index (χ1n) is 10.1. The number of hydrogen-bond acceptors (Lipinski definition) is 5. The maximum absolute atomic E-state index is 12.4. The van der Waals surface area contributed by atoms with Crippen LogP contribution < -0.4 is 16.0 Å². The molecule has 5 N–H and O–H groups in total. The molecule has 2 unspecified atom stereocenters. The molecule has 1 amide bonds. The second kappa shape index (κ2) is 8.78. The molecule has 0 bridgehead atoms. The van der Waals surface area contributed by atoms with E-state index < -0.39 is 18.4 Å². The third-order valence-corrected chi connectivity index (χ3v) is 5.66. The number of β-amino-alcohol motifs (C(OH)–C–C–N with tert-alkyl or cyclic N) is 1. The SMILES string of the molecule is O=C(CCC1=C(c2ccccc2)NC(c2ccccc2)C1)N[C@@H]1C(O)NC[C@H]1O. The molecule has 2 aliphatic heterocycles. The molecule has 6 nitrogen and oxygen atoms in total. The Morgan fingerprint density at radius 1 is 1.03 bits per heavy atom. The Bertz CT molecular complexity index is 859. The van der Waals surface area contributed by atoms with Crippen molar-refractivity contribution < 1.29 is 15.0 Å². The van der Waals surface area contributed by atoms with Crippen LogP contribution in [0.25, 0.3) is 5.70 Å². The molecule has 1 saturated heterocycles. The number of aliphatic hydroxyl groups excluding tert-OH is 2. The van der Waals surface area contributed by atoms with Crippen LogP contribution in [0.2, 0.25) is 0 Å². The van der Waals surface area contributed by atoms with Gasteiger partial charge in [-0.25, -0.2) is 0 Å². The summed E-state index contributed by atoms with van der Waals surface area (Å²) in [5.74, 6) is -0.167. The Hall–Kier alpha value is -2.67. The summed E-state index contributed by atoms with van der Waals surface area (Å²) < 4.78 is 0. The number of rotatable bonds is 6. The van der Waals surface area contributed by atoms with Crippen LogP contribution in [0.3, 0.4) is 0 Å². The molecule has 0 radical (unpaired) electrons. The van der Waals surface area contributed by atoms with E-state index in [9.17, 15) is 15.0 Å². The molecule has 0 aliphatic carbocycles. The average Bonchev–Trinajstić information content (AvgIpc) is 3.32. The number of amides is 1. The summed E-state index contributed by atoms with van der Waals surface area (Å²) in [6, 6.07) is 20.0. The van der Waals surface area contributed by atoms with E-state index in [1.54, 1.807) is 0 Å². The highest BCUT2D eigenvalue weighted by molar-refractivity contribution is 5.78. The van der Waals surface area contributed by atoms with Crippen LogP contribution in [0.5, 0.6) is 0 Å². The van der Waals surface area contributed by atoms with Crippen molar-refractivity contribution in [3.8, 4) is 0 Å². The van der Waals surface area contributed by atoms with Crippen LogP contribution in [0.1, 0.15) is 36.4 Å². The molecule has 2 aliphatic rings. The van der Waals surface area contributed by atoms with Gasteiger partial charge in [-0.2, -0.15) is 0 Å². The van der Waals surface area contributed by atoms with Crippen LogP contribution in [0, 0.1) is 0 Å². The molecule has 6 heteroatoms. The molecule has 152 valence electrons. The van der Waals surface area contributed by atoms with Crippen molar-refractivity contribution in [1.82, 2.24) is 16.0 Å². The molecule has 4 atom stereocenters. The van der Waals surface area contributed by atoms with Crippen molar-refractivity contribution in [2.45, 2.75) is 43.7 Å². The number of benzene rings is 2. The van der Waals surface area contributed by atoms with E-state index in [-0.39, 0.29) is 18.5 Å². The monoisotopic (exact) mass is 393 g/mol. The summed E-state index contributed by atoms with van der Waals surface area (Å²) >= 11 is 0. The second-order valence-corrected chi connectivity index (χ2v) is 7.67. The van der Waals surface area contributed by atoms with Crippen LogP contribution in [-0.4, -0.2) is 41.0 Å². The number of carbonyl (C=O) groups excluding carboxylic acids is 1. The molecule has 0 spiro atoms. The summed E-state index contributed by atoms with van der Waals surface area (Å²) in [6.45, 7) is 0.276. The fourth-order valence-electron chi connectivity index (χ4n) is 4.09. The van der Waals surface area contributed by atoms with E-state index in [0.717, 1.165) is 17.7 Å². The van der Waals surface area contributed by atoms with Gasteiger partial charge in [0.15, 0.2) is 0 Å². The Kier molecular flexibility index (Phi) is 5.94. The maximum atomic E-state index is 12.4. The molecular formula is C23H27N3O3. The lowest BCUT2D eigenvalue weighted by Gasteiger charge is -2.19. The normalized spacial score (nSPS) is 26.4. The summed E-state index contributed by atoms with van der Waals surface area (Å²) in [5.41, 5.74) is 4.65. The average molecular weight is 393 g/mol. The zero-order valence-electron chi connectivity index (χ0n) is 16.2. The first-order valence-corrected chi connectivity index (χ1v) is 10.1. The fourth-order valence-corrected chi connectivity index (χ4v) is 4.09. The molecule has 4 rings (SSSR count). The molecule has 29 heavy (non-hydrogen) atoms. The maximum Gasteiger partial charge on any atom is 0.220 e. The summed E-state index contributed by atoms with van der Waals surface area (Å²) in [6.07, 6.45) is 0.0914. The minimum atomic E-state index is -0.913. The summed E-state index contributed by atoms with van der Waals surface area (Å²) in [7, 11) is 0. The van der Waals surface area contributed by atoms with Gasteiger partial charge in [0.25, 0.3) is 0 Å². The van der Waals surface area contributed by atoms with Gasteiger partial charge in [0.1, 0.15) is 6.23 Å². The highest BCUT2D eigenvalue weighted by atomic mass is 16.3. The van der Waals surface area contributed by atoms with E-state index in [1.165, 1.54) is 11.1 Å². The highest BCUT2D eigenvalue weighted by Crippen LogP contribution is 2.36. The number of nitrogens with one attached hydrogen (secondary N) is 3. The first-order chi connectivity index (χ1) is 14.1. The lowest BCUT2D eigenvalue weighted by atomic mass is 9.98. The topological polar surface area (TPSA) is 93.6 Å². The van der Waals surface area contributed by atoms with Gasteiger partial charge in [-0.1, -0.05) is 60.7 Å². The second-order valence-electron chi connectivity index (χ2n) is 7.67. The van der Waals surface area contributed by atoms with E-state index in [0.29, 0.717) is 12.8 Å². The van der Waals surface area contributed by atoms with Crippen LogP contribution in [0.15, 0.2) is 66.2 Å². The Morgan fingerprint density at radius 2 is 1.72 bits per heavy atom. The largest absolute Gasteiger partial charge is 0.389 e. The highest BCUT2D eigenvalue weighted by Gasteiger charge is 2.34. The minimum absolute atomic E-state index is 0.167. The van der Waals surface area contributed by atoms with Crippen LogP contribution in [0.4, 0.5) is 0 Å². The molecule has 0 saturated carbocycles. The van der Waals surface area contributed by atoms with E-state index >= 15 is 0 Å². The summed E-state index contributed by atoms with van der Waals surface area (Å²) in [4.78, 5) is 12.4. The number of aliphatic hydroxyl groups is 2. The predicted molar refractivity (Wildman–Crippen MR) is 111 cm³/mol. The van der Waals surface area contributed by atoms with Crippen LogP contribution in [-0.2, 0) is 4.79 Å². The summed E-state index contributed by atoms with van der Waals surface area (Å²) in [5, 5.41) is 28.9. The number of hydrogen-bond donors (Lipinski definition) is 5. The Balaban J connectivity index is 1.45. The molecule has 2 aromatic rings. The van der Waals surface area contributed by atoms with Crippen molar-refractivity contribution in [3.63, 3.8) is 0 Å². The van der Waals surface area contributed by atoms with Gasteiger partial charge in [-0.15, -0.1) is 0 Å². The van der Waals surface area contributed by atoms with Crippen molar-refractivity contribution in [2.75, 3.05) is 6.54 Å². The smallest absolute Gasteiger partial charge is 0.220 e. The van der Waals surface area contributed by atoms with Crippen molar-refractivity contribution in [2.24, 2.45) is 0 Å². The van der Waals surface area contributed by atoms with E-state index in [2.05, 4.69) is 40.2 Å². The molecule has 2 heterocycles. The molecule has 1 fully saturated rings. The Labute approximate surface area is 170 Å². The van der Waals surface area contributed by atoms with Crippen molar-refractivity contribution in [1.29, 1.82) is 0 Å². The molecule has 2 aromatic carbocycles. The molecular weight excluding hydrogens is 366 g/mol. The number of carbonyl (C=O) groups is 1. The van der Waals surface area contributed by atoms with Gasteiger partial charge < -0.3 is 20.8 Å². The third kappa shape index (κ3) is 4.50. The quantitative estimate of drug-likeness (QED) is 0.515. The van der Waals surface area contributed by atoms with Gasteiger partial charge in [0, 0.05) is 18.7 Å². The first kappa shape index (κ1) is 19.6. The van der Waals surface area contributed by atoms with Crippen molar-refractivity contribution in [3.05, 3.63) is 77.4 Å². The zero-order valence-corrected chi connectivity index (χ0v) is 16.2. The van der Waals surface area contributed by atoms with E-state index in [1.807, 2.05) is 36.4 Å².